The molecule has 37 heavy (non-hydrogen) atoms. The number of hydrogen-bond donors (Lipinski definition) is 0. The number of allylic oxidation sites excluding steroid dienone is 2. The number of esters is 2. The molecule has 2 aromatic rings. The number of carbonyl (C=O) groups excluding carboxylic acids is 2. The standard InChI is InChI=1S/C32H39ClO4/c1-4-5-6-7-8-9-12-25-14-16-26(17-15-25)27-18-20-28(21-19-27)36-31(35)29-13-10-11-22-32(29,33)37-30(34)23-24(2)3/h10-11,13-22,24,29H,4-9,12,23H2,1-3H3. The van der Waals surface area contributed by atoms with Crippen molar-refractivity contribution in [3.8, 4) is 16.9 Å². The predicted molar refractivity (Wildman–Crippen MR) is 150 cm³/mol. The maximum Gasteiger partial charge on any atom is 0.324 e. The topological polar surface area (TPSA) is 52.6 Å². The summed E-state index contributed by atoms with van der Waals surface area (Å²) >= 11 is 6.58. The summed E-state index contributed by atoms with van der Waals surface area (Å²) in [5, 5.41) is -1.60. The molecule has 1 aliphatic rings. The van der Waals surface area contributed by atoms with Crippen molar-refractivity contribution in [2.45, 2.75) is 77.2 Å². The fraction of sp³-hybridized carbons (Fsp3) is 0.438. The third kappa shape index (κ3) is 8.89. The molecule has 198 valence electrons. The first-order valence-corrected chi connectivity index (χ1v) is 13.9. The van der Waals surface area contributed by atoms with E-state index < -0.39 is 22.9 Å². The maximum absolute atomic E-state index is 13.0. The van der Waals surface area contributed by atoms with E-state index in [1.165, 1.54) is 50.2 Å². The van der Waals surface area contributed by atoms with Gasteiger partial charge in [-0.15, -0.1) is 0 Å². The van der Waals surface area contributed by atoms with E-state index in [2.05, 4.69) is 31.2 Å². The van der Waals surface area contributed by atoms with Crippen LogP contribution in [0.2, 0.25) is 0 Å². The Morgan fingerprint density at radius 2 is 1.51 bits per heavy atom. The minimum absolute atomic E-state index is 0.122. The molecule has 0 amide bonds. The highest BCUT2D eigenvalue weighted by Gasteiger charge is 2.44. The molecule has 0 fully saturated rings. The Hall–Kier alpha value is -2.85. The van der Waals surface area contributed by atoms with Gasteiger partial charge in [-0.25, -0.2) is 0 Å². The Bertz CT molecular complexity index is 1070. The summed E-state index contributed by atoms with van der Waals surface area (Å²) in [6.07, 6.45) is 15.6. The molecule has 2 aromatic carbocycles. The Balaban J connectivity index is 1.56. The average Bonchev–Trinajstić information content (AvgIpc) is 2.86. The Kier molecular flexibility index (Phi) is 11.0. The van der Waals surface area contributed by atoms with E-state index in [1.54, 1.807) is 30.4 Å². The molecule has 0 bridgehead atoms. The average molecular weight is 523 g/mol. The minimum Gasteiger partial charge on any atom is -0.438 e. The number of rotatable bonds is 13. The highest BCUT2D eigenvalue weighted by molar-refractivity contribution is 6.26. The zero-order chi connectivity index (χ0) is 26.7. The smallest absolute Gasteiger partial charge is 0.324 e. The Morgan fingerprint density at radius 3 is 2.16 bits per heavy atom. The first-order valence-electron chi connectivity index (χ1n) is 13.5. The van der Waals surface area contributed by atoms with E-state index in [9.17, 15) is 9.59 Å². The summed E-state index contributed by atoms with van der Waals surface area (Å²) in [4.78, 5) is 25.2. The highest BCUT2D eigenvalue weighted by Crippen LogP contribution is 2.35. The second-order valence-electron chi connectivity index (χ2n) is 10.2. The molecule has 0 spiro atoms. The van der Waals surface area contributed by atoms with Crippen LogP contribution in [-0.4, -0.2) is 17.0 Å². The van der Waals surface area contributed by atoms with Gasteiger partial charge in [0.15, 0.2) is 0 Å². The van der Waals surface area contributed by atoms with E-state index in [0.717, 1.165) is 17.5 Å². The van der Waals surface area contributed by atoms with Crippen molar-refractivity contribution >= 4 is 23.5 Å². The molecule has 0 aromatic heterocycles. The Labute approximate surface area is 226 Å². The van der Waals surface area contributed by atoms with Crippen LogP contribution in [0.5, 0.6) is 5.75 Å². The van der Waals surface area contributed by atoms with Gasteiger partial charge < -0.3 is 9.47 Å². The predicted octanol–water partition coefficient (Wildman–Crippen LogP) is 8.43. The molecular weight excluding hydrogens is 484 g/mol. The van der Waals surface area contributed by atoms with Crippen LogP contribution in [0.1, 0.15) is 71.3 Å². The summed E-state index contributed by atoms with van der Waals surface area (Å²) < 4.78 is 11.1. The van der Waals surface area contributed by atoms with Crippen LogP contribution in [0.4, 0.5) is 0 Å². The zero-order valence-electron chi connectivity index (χ0n) is 22.3. The number of halogens is 1. The van der Waals surface area contributed by atoms with Crippen LogP contribution in [0.25, 0.3) is 11.1 Å². The highest BCUT2D eigenvalue weighted by atomic mass is 35.5. The molecule has 3 rings (SSSR count). The van der Waals surface area contributed by atoms with Gasteiger partial charge in [0.2, 0.25) is 5.06 Å². The molecule has 0 heterocycles. The number of hydrogen-bond acceptors (Lipinski definition) is 4. The summed E-state index contributed by atoms with van der Waals surface area (Å²) in [5.74, 6) is -1.46. The molecule has 2 atom stereocenters. The quantitative estimate of drug-likeness (QED) is 0.115. The van der Waals surface area contributed by atoms with Crippen molar-refractivity contribution < 1.29 is 19.1 Å². The molecule has 0 radical (unpaired) electrons. The van der Waals surface area contributed by atoms with E-state index in [0.29, 0.717) is 5.75 Å². The first kappa shape index (κ1) is 28.7. The number of aryl methyl sites for hydroxylation is 1. The van der Waals surface area contributed by atoms with Crippen LogP contribution in [0.15, 0.2) is 72.8 Å². The lowest BCUT2D eigenvalue weighted by molar-refractivity contribution is -0.156. The monoisotopic (exact) mass is 522 g/mol. The van der Waals surface area contributed by atoms with Crippen LogP contribution < -0.4 is 4.74 Å². The lowest BCUT2D eigenvalue weighted by Crippen LogP contribution is -2.42. The third-order valence-electron chi connectivity index (χ3n) is 6.44. The molecule has 0 aliphatic heterocycles. The van der Waals surface area contributed by atoms with Gasteiger partial charge in [-0.1, -0.05) is 119 Å². The van der Waals surface area contributed by atoms with Gasteiger partial charge in [-0.05, 0) is 53.7 Å². The number of benzene rings is 2. The van der Waals surface area contributed by atoms with Crippen LogP contribution >= 0.6 is 11.6 Å². The second-order valence-corrected chi connectivity index (χ2v) is 10.7. The van der Waals surface area contributed by atoms with E-state index >= 15 is 0 Å². The lowest BCUT2D eigenvalue weighted by atomic mass is 9.96. The fourth-order valence-corrected chi connectivity index (χ4v) is 4.67. The molecule has 4 nitrogen and oxygen atoms in total. The van der Waals surface area contributed by atoms with Crippen molar-refractivity contribution in [1.29, 1.82) is 0 Å². The molecule has 1 aliphatic carbocycles. The first-order chi connectivity index (χ1) is 17.8. The van der Waals surface area contributed by atoms with Gasteiger partial charge in [0.05, 0.1) is 0 Å². The molecular formula is C32H39ClO4. The van der Waals surface area contributed by atoms with Gasteiger partial charge in [-0.2, -0.15) is 0 Å². The van der Waals surface area contributed by atoms with Crippen molar-refractivity contribution in [3.05, 3.63) is 78.4 Å². The van der Waals surface area contributed by atoms with Gasteiger partial charge in [0, 0.05) is 6.42 Å². The minimum atomic E-state index is -1.60. The SMILES string of the molecule is CCCCCCCCc1ccc(-c2ccc(OC(=O)C3C=CC=CC3(Cl)OC(=O)CC(C)C)cc2)cc1. The third-order valence-corrected chi connectivity index (χ3v) is 6.88. The second kappa shape index (κ2) is 14.2. The summed E-state index contributed by atoms with van der Waals surface area (Å²) in [6, 6.07) is 16.1. The molecule has 5 heteroatoms. The maximum atomic E-state index is 13.0. The van der Waals surface area contributed by atoms with Crippen LogP contribution in [0.3, 0.4) is 0 Å². The molecule has 0 N–H and O–H groups in total. The molecule has 0 saturated carbocycles. The number of carbonyl (C=O) groups is 2. The van der Waals surface area contributed by atoms with E-state index in [-0.39, 0.29) is 12.3 Å². The van der Waals surface area contributed by atoms with Crippen LogP contribution in [-0.2, 0) is 20.7 Å². The largest absolute Gasteiger partial charge is 0.438 e. The van der Waals surface area contributed by atoms with Crippen molar-refractivity contribution in [3.63, 3.8) is 0 Å². The summed E-state index contributed by atoms with van der Waals surface area (Å²) in [5.41, 5.74) is 3.51. The number of alkyl halides is 1. The number of ether oxygens (including phenoxy) is 2. The van der Waals surface area contributed by atoms with Crippen molar-refractivity contribution in [2.24, 2.45) is 11.8 Å². The van der Waals surface area contributed by atoms with Gasteiger partial charge in [-0.3, -0.25) is 9.59 Å². The fourth-order valence-electron chi connectivity index (χ4n) is 4.35. The molecule has 2 unspecified atom stereocenters. The lowest BCUT2D eigenvalue weighted by Gasteiger charge is -2.31. The summed E-state index contributed by atoms with van der Waals surface area (Å²) in [6.45, 7) is 6.08. The zero-order valence-corrected chi connectivity index (χ0v) is 23.0. The molecule has 0 saturated heterocycles. The van der Waals surface area contributed by atoms with E-state index in [1.807, 2.05) is 26.0 Å². The van der Waals surface area contributed by atoms with Crippen molar-refractivity contribution in [2.75, 3.05) is 0 Å². The van der Waals surface area contributed by atoms with Crippen molar-refractivity contribution in [1.82, 2.24) is 0 Å². The van der Waals surface area contributed by atoms with E-state index in [4.69, 9.17) is 21.1 Å². The Morgan fingerprint density at radius 1 is 0.892 bits per heavy atom. The van der Waals surface area contributed by atoms with Gasteiger partial charge in [0.25, 0.3) is 0 Å². The van der Waals surface area contributed by atoms with Gasteiger partial charge in [0.1, 0.15) is 11.7 Å². The normalized spacial score (nSPS) is 18.7. The number of unbranched alkanes of at least 4 members (excludes halogenated alkanes) is 5. The van der Waals surface area contributed by atoms with Crippen LogP contribution in [0, 0.1) is 11.8 Å². The summed E-state index contributed by atoms with van der Waals surface area (Å²) in [7, 11) is 0. The van der Waals surface area contributed by atoms with Gasteiger partial charge >= 0.3 is 11.9 Å².